The number of anilines is 1. The summed E-state index contributed by atoms with van der Waals surface area (Å²) in [6.07, 6.45) is -0.211. The molecule has 2 N–H and O–H groups in total. The number of amidine groups is 1. The number of benzene rings is 1. The van der Waals surface area contributed by atoms with Crippen molar-refractivity contribution >= 4 is 11.5 Å². The summed E-state index contributed by atoms with van der Waals surface area (Å²) in [6.45, 7) is 2.54. The summed E-state index contributed by atoms with van der Waals surface area (Å²) in [5.74, 6) is 0.866. The van der Waals surface area contributed by atoms with Crippen LogP contribution < -0.4 is 10.4 Å². The van der Waals surface area contributed by atoms with Gasteiger partial charge in [-0.15, -0.1) is 0 Å². The Labute approximate surface area is 82.8 Å². The van der Waals surface area contributed by atoms with Gasteiger partial charge < -0.3 is 5.32 Å². The predicted octanol–water partition coefficient (Wildman–Crippen LogP) is 1.23. The van der Waals surface area contributed by atoms with Gasteiger partial charge in [0, 0.05) is 0 Å². The van der Waals surface area contributed by atoms with Crippen molar-refractivity contribution in [1.29, 1.82) is 0 Å². The number of hydrogen-bond acceptors (Lipinski definition) is 4. The van der Waals surface area contributed by atoms with Crippen LogP contribution >= 0.6 is 0 Å². The van der Waals surface area contributed by atoms with Gasteiger partial charge in [0.15, 0.2) is 6.17 Å². The molecule has 0 saturated carbocycles. The Morgan fingerprint density at radius 3 is 2.71 bits per heavy atom. The largest absolute Gasteiger partial charge is 0.370 e. The Morgan fingerprint density at radius 1 is 1.43 bits per heavy atom. The highest BCUT2D eigenvalue weighted by molar-refractivity contribution is 5.81. The summed E-state index contributed by atoms with van der Waals surface area (Å²) < 4.78 is 0. The molecular weight excluding hydrogens is 178 g/mol. The molecule has 4 heteroatoms. The number of nitrogens with one attached hydrogen (secondary N) is 1. The average Bonchev–Trinajstić information content (AvgIpc) is 2.65. The molecule has 1 aromatic carbocycles. The minimum Gasteiger partial charge on any atom is -0.370 e. The summed E-state index contributed by atoms with van der Waals surface area (Å²) in [6, 6.07) is 9.39. The zero-order valence-electron chi connectivity index (χ0n) is 8.01. The highest BCUT2D eigenvalue weighted by atomic mass is 16.5. The molecule has 1 aliphatic heterocycles. The molecule has 1 atom stereocenters. The molecular formula is C10H13N3O. The van der Waals surface area contributed by atoms with Gasteiger partial charge in [-0.25, -0.2) is 10.1 Å². The maximum atomic E-state index is 9.82. The first-order valence-electron chi connectivity index (χ1n) is 4.59. The highest BCUT2D eigenvalue weighted by Crippen LogP contribution is 2.15. The second-order valence-electron chi connectivity index (χ2n) is 3.26. The molecule has 0 fully saturated rings. The van der Waals surface area contributed by atoms with Crippen LogP contribution in [0.15, 0.2) is 35.3 Å². The first-order chi connectivity index (χ1) is 6.77. The summed E-state index contributed by atoms with van der Waals surface area (Å²) in [5, 5.41) is 14.1. The molecule has 0 amide bonds. The van der Waals surface area contributed by atoms with Gasteiger partial charge in [-0.1, -0.05) is 18.2 Å². The molecule has 0 spiro atoms. The highest BCUT2D eigenvalue weighted by Gasteiger charge is 2.20. The lowest BCUT2D eigenvalue weighted by molar-refractivity contribution is 0.222. The van der Waals surface area contributed by atoms with E-state index in [9.17, 15) is 5.21 Å². The number of aliphatic imine (C=N–C) groups is 1. The van der Waals surface area contributed by atoms with Crippen LogP contribution in [0, 0.1) is 0 Å². The SMILES string of the molecule is CC1=NC(N(O)c2ccccc2)CN1. The third-order valence-corrected chi connectivity index (χ3v) is 2.19. The van der Waals surface area contributed by atoms with Gasteiger partial charge >= 0.3 is 0 Å². The molecule has 0 saturated heterocycles. The van der Waals surface area contributed by atoms with Crippen LogP contribution in [-0.4, -0.2) is 23.8 Å². The molecule has 0 aliphatic carbocycles. The normalized spacial score (nSPS) is 20.1. The molecule has 1 aromatic rings. The summed E-state index contributed by atoms with van der Waals surface area (Å²) in [5.41, 5.74) is 0.762. The third-order valence-electron chi connectivity index (χ3n) is 2.19. The van der Waals surface area contributed by atoms with Crippen molar-refractivity contribution in [3.05, 3.63) is 30.3 Å². The summed E-state index contributed by atoms with van der Waals surface area (Å²) in [4.78, 5) is 4.25. The number of hydroxylamine groups is 1. The standard InChI is InChI=1S/C10H13N3O/c1-8-11-7-10(12-8)13(14)9-5-3-2-4-6-9/h2-6,10,14H,7H2,1H3,(H,11,12). The predicted molar refractivity (Wildman–Crippen MR) is 55.6 cm³/mol. The molecule has 0 aromatic heterocycles. The molecule has 0 radical (unpaired) electrons. The summed E-state index contributed by atoms with van der Waals surface area (Å²) >= 11 is 0. The van der Waals surface area contributed by atoms with Gasteiger partial charge in [-0.05, 0) is 19.1 Å². The van der Waals surface area contributed by atoms with E-state index in [0.717, 1.165) is 11.5 Å². The first kappa shape index (κ1) is 9.02. The Bertz CT molecular complexity index is 336. The fourth-order valence-corrected chi connectivity index (χ4v) is 1.45. The van der Waals surface area contributed by atoms with E-state index in [-0.39, 0.29) is 6.17 Å². The van der Waals surface area contributed by atoms with E-state index < -0.39 is 0 Å². The topological polar surface area (TPSA) is 47.9 Å². The van der Waals surface area contributed by atoms with E-state index in [2.05, 4.69) is 10.3 Å². The van der Waals surface area contributed by atoms with Crippen molar-refractivity contribution in [3.8, 4) is 0 Å². The molecule has 1 aliphatic rings. The van der Waals surface area contributed by atoms with Gasteiger partial charge in [0.25, 0.3) is 0 Å². The second kappa shape index (κ2) is 3.67. The van der Waals surface area contributed by atoms with Gasteiger partial charge in [0.05, 0.1) is 18.1 Å². The van der Waals surface area contributed by atoms with Crippen molar-refractivity contribution in [2.75, 3.05) is 11.6 Å². The van der Waals surface area contributed by atoms with Crippen molar-refractivity contribution in [2.24, 2.45) is 4.99 Å². The van der Waals surface area contributed by atoms with Crippen molar-refractivity contribution < 1.29 is 5.21 Å². The van der Waals surface area contributed by atoms with Gasteiger partial charge in [0.1, 0.15) is 0 Å². The van der Waals surface area contributed by atoms with Crippen LogP contribution in [-0.2, 0) is 0 Å². The van der Waals surface area contributed by atoms with Gasteiger partial charge in [-0.3, -0.25) is 5.21 Å². The first-order valence-corrected chi connectivity index (χ1v) is 4.59. The van der Waals surface area contributed by atoms with E-state index in [1.165, 1.54) is 5.06 Å². The van der Waals surface area contributed by atoms with Gasteiger partial charge in [0.2, 0.25) is 0 Å². The van der Waals surface area contributed by atoms with Crippen molar-refractivity contribution in [2.45, 2.75) is 13.1 Å². The maximum Gasteiger partial charge on any atom is 0.164 e. The Hall–Kier alpha value is -1.55. The zero-order chi connectivity index (χ0) is 9.97. The lowest BCUT2D eigenvalue weighted by Crippen LogP contribution is -2.34. The van der Waals surface area contributed by atoms with Crippen LogP contribution in [0.3, 0.4) is 0 Å². The van der Waals surface area contributed by atoms with Gasteiger partial charge in [-0.2, -0.15) is 0 Å². The maximum absolute atomic E-state index is 9.82. The van der Waals surface area contributed by atoms with E-state index in [4.69, 9.17) is 0 Å². The fraction of sp³-hybridized carbons (Fsp3) is 0.300. The lowest BCUT2D eigenvalue weighted by atomic mass is 10.3. The van der Waals surface area contributed by atoms with E-state index >= 15 is 0 Å². The quantitative estimate of drug-likeness (QED) is 0.691. The van der Waals surface area contributed by atoms with E-state index in [1.54, 1.807) is 0 Å². The monoisotopic (exact) mass is 191 g/mol. The minimum absolute atomic E-state index is 0.211. The number of nitrogens with zero attached hydrogens (tertiary/aromatic N) is 2. The van der Waals surface area contributed by atoms with Crippen LogP contribution in [0.4, 0.5) is 5.69 Å². The van der Waals surface area contributed by atoms with Crippen LogP contribution in [0.5, 0.6) is 0 Å². The Morgan fingerprint density at radius 2 is 2.14 bits per heavy atom. The number of hydrogen-bond donors (Lipinski definition) is 2. The fourth-order valence-electron chi connectivity index (χ4n) is 1.45. The third kappa shape index (κ3) is 1.70. The molecule has 1 unspecified atom stereocenters. The van der Waals surface area contributed by atoms with E-state index in [0.29, 0.717) is 6.54 Å². The average molecular weight is 191 g/mol. The molecule has 4 nitrogen and oxygen atoms in total. The molecule has 14 heavy (non-hydrogen) atoms. The van der Waals surface area contributed by atoms with Crippen LogP contribution in [0.1, 0.15) is 6.92 Å². The van der Waals surface area contributed by atoms with E-state index in [1.807, 2.05) is 37.3 Å². The lowest BCUT2D eigenvalue weighted by Gasteiger charge is -2.20. The van der Waals surface area contributed by atoms with Crippen LogP contribution in [0.25, 0.3) is 0 Å². The molecule has 1 heterocycles. The minimum atomic E-state index is -0.211. The molecule has 0 bridgehead atoms. The zero-order valence-corrected chi connectivity index (χ0v) is 8.01. The van der Waals surface area contributed by atoms with Crippen molar-refractivity contribution in [1.82, 2.24) is 5.32 Å². The van der Waals surface area contributed by atoms with Crippen LogP contribution in [0.2, 0.25) is 0 Å². The van der Waals surface area contributed by atoms with Crippen molar-refractivity contribution in [3.63, 3.8) is 0 Å². The second-order valence-corrected chi connectivity index (χ2v) is 3.26. The smallest absolute Gasteiger partial charge is 0.164 e. The Kier molecular flexibility index (Phi) is 2.37. The molecule has 2 rings (SSSR count). The number of rotatable bonds is 2. The summed E-state index contributed by atoms with van der Waals surface area (Å²) in [7, 11) is 0. The number of para-hydroxylation sites is 1. The Balaban J connectivity index is 2.13. The molecule has 74 valence electrons.